The lowest BCUT2D eigenvalue weighted by atomic mass is 10.2. The van der Waals surface area contributed by atoms with E-state index in [2.05, 4.69) is 32.8 Å². The molecule has 2 rings (SSSR count). The summed E-state index contributed by atoms with van der Waals surface area (Å²) in [6.07, 6.45) is 7.84. The minimum atomic E-state index is 0.580. The molecule has 0 bridgehead atoms. The Hall–Kier alpha value is -1.36. The summed E-state index contributed by atoms with van der Waals surface area (Å²) < 4.78 is 0. The summed E-state index contributed by atoms with van der Waals surface area (Å²) in [4.78, 5) is 8.49. The van der Waals surface area contributed by atoms with Gasteiger partial charge in [0.1, 0.15) is 18.0 Å². The lowest BCUT2D eigenvalue weighted by molar-refractivity contribution is 0.632. The van der Waals surface area contributed by atoms with Crippen LogP contribution in [-0.2, 0) is 0 Å². The number of nitrogens with zero attached hydrogens (tertiary/aromatic N) is 2. The lowest BCUT2D eigenvalue weighted by Gasteiger charge is -2.12. The highest BCUT2D eigenvalue weighted by Crippen LogP contribution is 2.11. The van der Waals surface area contributed by atoms with Crippen molar-refractivity contribution < 1.29 is 0 Å². The smallest absolute Gasteiger partial charge is 0.131 e. The van der Waals surface area contributed by atoms with Gasteiger partial charge in [-0.15, -0.1) is 0 Å². The molecule has 0 saturated carbocycles. The summed E-state index contributed by atoms with van der Waals surface area (Å²) in [5.41, 5.74) is 0. The van der Waals surface area contributed by atoms with Crippen molar-refractivity contribution in [3.63, 3.8) is 0 Å². The number of anilines is 2. The van der Waals surface area contributed by atoms with Gasteiger partial charge in [0.05, 0.1) is 0 Å². The first-order chi connectivity index (χ1) is 9.38. The minimum Gasteiger partial charge on any atom is -0.370 e. The van der Waals surface area contributed by atoms with E-state index in [1.165, 1.54) is 32.1 Å². The Morgan fingerprint density at radius 1 is 1.26 bits per heavy atom. The zero-order chi connectivity index (χ0) is 13.3. The van der Waals surface area contributed by atoms with Crippen molar-refractivity contribution >= 4 is 11.6 Å². The monoisotopic (exact) mass is 263 g/mol. The lowest BCUT2D eigenvalue weighted by Crippen LogP contribution is -2.29. The summed E-state index contributed by atoms with van der Waals surface area (Å²) in [6.45, 7) is 5.27. The molecule has 1 aromatic rings. The second kappa shape index (κ2) is 7.94. The van der Waals surface area contributed by atoms with Gasteiger partial charge in [-0.2, -0.15) is 0 Å². The van der Waals surface area contributed by atoms with Crippen molar-refractivity contribution in [1.82, 2.24) is 15.3 Å². The summed E-state index contributed by atoms with van der Waals surface area (Å²) >= 11 is 0. The van der Waals surface area contributed by atoms with Gasteiger partial charge in [0.25, 0.3) is 0 Å². The van der Waals surface area contributed by atoms with Crippen LogP contribution in [0.5, 0.6) is 0 Å². The van der Waals surface area contributed by atoms with E-state index in [0.29, 0.717) is 6.04 Å². The van der Waals surface area contributed by atoms with Crippen LogP contribution in [-0.4, -0.2) is 35.6 Å². The van der Waals surface area contributed by atoms with E-state index in [1.54, 1.807) is 6.33 Å². The van der Waals surface area contributed by atoms with Crippen molar-refractivity contribution in [3.05, 3.63) is 12.4 Å². The Morgan fingerprint density at radius 2 is 2.11 bits per heavy atom. The fraction of sp³-hybridized carbons (Fsp3) is 0.714. The maximum Gasteiger partial charge on any atom is 0.131 e. The molecular weight excluding hydrogens is 238 g/mol. The van der Waals surface area contributed by atoms with Gasteiger partial charge in [-0.1, -0.05) is 19.8 Å². The quantitative estimate of drug-likeness (QED) is 0.628. The molecule has 1 fully saturated rings. The first kappa shape index (κ1) is 14.1. The van der Waals surface area contributed by atoms with Crippen molar-refractivity contribution in [1.29, 1.82) is 0 Å². The van der Waals surface area contributed by atoms with Gasteiger partial charge in [0, 0.05) is 25.2 Å². The predicted molar refractivity (Wildman–Crippen MR) is 79.6 cm³/mol. The van der Waals surface area contributed by atoms with Crippen LogP contribution in [0.3, 0.4) is 0 Å². The number of rotatable bonds is 8. The normalized spacial score (nSPS) is 18.5. The van der Waals surface area contributed by atoms with E-state index in [0.717, 1.165) is 31.3 Å². The van der Waals surface area contributed by atoms with Crippen LogP contribution < -0.4 is 16.0 Å². The van der Waals surface area contributed by atoms with Crippen molar-refractivity contribution in [2.45, 2.75) is 45.1 Å². The molecule has 1 aromatic heterocycles. The van der Waals surface area contributed by atoms with Gasteiger partial charge >= 0.3 is 0 Å². The number of aromatic nitrogens is 2. The molecule has 1 unspecified atom stereocenters. The Labute approximate surface area is 115 Å². The highest BCUT2D eigenvalue weighted by Gasteiger charge is 2.13. The van der Waals surface area contributed by atoms with Crippen LogP contribution in [0.4, 0.5) is 11.6 Å². The molecule has 0 aliphatic carbocycles. The topological polar surface area (TPSA) is 61.9 Å². The second-order valence-electron chi connectivity index (χ2n) is 5.10. The third-order valence-electron chi connectivity index (χ3n) is 3.45. The number of hydrogen-bond donors (Lipinski definition) is 3. The summed E-state index contributed by atoms with van der Waals surface area (Å²) in [6, 6.07) is 2.57. The third-order valence-corrected chi connectivity index (χ3v) is 3.45. The molecule has 19 heavy (non-hydrogen) atoms. The minimum absolute atomic E-state index is 0.580. The van der Waals surface area contributed by atoms with Crippen LogP contribution in [0.2, 0.25) is 0 Å². The molecule has 1 aliphatic heterocycles. The fourth-order valence-corrected chi connectivity index (χ4v) is 2.30. The van der Waals surface area contributed by atoms with E-state index < -0.39 is 0 Å². The average Bonchev–Trinajstić information content (AvgIpc) is 2.95. The Balaban J connectivity index is 1.74. The van der Waals surface area contributed by atoms with Gasteiger partial charge in [-0.05, 0) is 25.8 Å². The molecule has 1 aliphatic rings. The maximum atomic E-state index is 4.25. The van der Waals surface area contributed by atoms with Crippen molar-refractivity contribution in [2.75, 3.05) is 30.3 Å². The van der Waals surface area contributed by atoms with Crippen LogP contribution >= 0.6 is 0 Å². The molecule has 106 valence electrons. The number of hydrogen-bond acceptors (Lipinski definition) is 5. The largest absolute Gasteiger partial charge is 0.370 e. The number of nitrogens with one attached hydrogen (secondary N) is 3. The van der Waals surface area contributed by atoms with E-state index in [1.807, 2.05) is 6.07 Å². The highest BCUT2D eigenvalue weighted by molar-refractivity contribution is 5.46. The molecule has 0 spiro atoms. The molecule has 0 amide bonds. The summed E-state index contributed by atoms with van der Waals surface area (Å²) in [5, 5.41) is 10.2. The fourth-order valence-electron chi connectivity index (χ4n) is 2.30. The Bertz CT molecular complexity index is 363. The van der Waals surface area contributed by atoms with Crippen molar-refractivity contribution in [3.8, 4) is 0 Å². The van der Waals surface area contributed by atoms with Gasteiger partial charge in [0.2, 0.25) is 0 Å². The number of unbranched alkanes of at least 4 members (excludes halogenated alkanes) is 2. The molecule has 1 saturated heterocycles. The molecule has 0 aromatic carbocycles. The summed E-state index contributed by atoms with van der Waals surface area (Å²) in [5.74, 6) is 1.81. The molecule has 0 radical (unpaired) electrons. The summed E-state index contributed by atoms with van der Waals surface area (Å²) in [7, 11) is 0. The standard InChI is InChI=1S/C14H25N5/c1-2-3-4-7-16-13-9-14(19-11-18-13)17-10-12-6-5-8-15-12/h9,11-12,15H,2-8,10H2,1H3,(H2,16,17,18,19). The third kappa shape index (κ3) is 5.03. The predicted octanol–water partition coefficient (Wildman–Crippen LogP) is 2.24. The highest BCUT2D eigenvalue weighted by atomic mass is 15.1. The van der Waals surface area contributed by atoms with Crippen LogP contribution in [0, 0.1) is 0 Å². The van der Waals surface area contributed by atoms with E-state index in [4.69, 9.17) is 0 Å². The van der Waals surface area contributed by atoms with Crippen LogP contribution in [0.1, 0.15) is 39.0 Å². The van der Waals surface area contributed by atoms with Gasteiger partial charge in [0.15, 0.2) is 0 Å². The molecule has 1 atom stereocenters. The molecule has 2 heterocycles. The zero-order valence-electron chi connectivity index (χ0n) is 11.8. The van der Waals surface area contributed by atoms with E-state index in [9.17, 15) is 0 Å². The average molecular weight is 263 g/mol. The zero-order valence-corrected chi connectivity index (χ0v) is 11.8. The Kier molecular flexibility index (Phi) is 5.88. The van der Waals surface area contributed by atoms with Gasteiger partial charge < -0.3 is 16.0 Å². The van der Waals surface area contributed by atoms with Gasteiger partial charge in [-0.25, -0.2) is 9.97 Å². The van der Waals surface area contributed by atoms with E-state index >= 15 is 0 Å². The van der Waals surface area contributed by atoms with Crippen LogP contribution in [0.25, 0.3) is 0 Å². The first-order valence-electron chi connectivity index (χ1n) is 7.41. The van der Waals surface area contributed by atoms with E-state index in [-0.39, 0.29) is 0 Å². The first-order valence-corrected chi connectivity index (χ1v) is 7.41. The SMILES string of the molecule is CCCCCNc1cc(NCC2CCCN2)ncn1. The molecular formula is C14H25N5. The molecule has 5 heteroatoms. The van der Waals surface area contributed by atoms with Crippen molar-refractivity contribution in [2.24, 2.45) is 0 Å². The van der Waals surface area contributed by atoms with Crippen LogP contribution in [0.15, 0.2) is 12.4 Å². The second-order valence-corrected chi connectivity index (χ2v) is 5.10. The molecule has 3 N–H and O–H groups in total. The maximum absolute atomic E-state index is 4.25. The Morgan fingerprint density at radius 3 is 2.84 bits per heavy atom. The van der Waals surface area contributed by atoms with Gasteiger partial charge in [-0.3, -0.25) is 0 Å². The molecule has 5 nitrogen and oxygen atoms in total.